The number of nitrogens with zero attached hydrogens (tertiary/aromatic N) is 13. The number of likely N-dealkylation sites (tertiary alicyclic amines) is 2. The van der Waals surface area contributed by atoms with Gasteiger partial charge in [0, 0.05) is 80.5 Å². The first-order chi connectivity index (χ1) is 65.8. The summed E-state index contributed by atoms with van der Waals surface area (Å²) < 4.78 is 55.4. The molecule has 3 spiro atoms. The number of fused-ring (bicyclic) bond motifs is 3. The van der Waals surface area contributed by atoms with Crippen LogP contribution in [0.2, 0.25) is 0 Å². The molecule has 11 aromatic rings. The van der Waals surface area contributed by atoms with Gasteiger partial charge in [-0.25, -0.2) is 41.9 Å². The maximum atomic E-state index is 14.4. The second-order valence-corrected chi connectivity index (χ2v) is 36.1. The summed E-state index contributed by atoms with van der Waals surface area (Å²) in [4.78, 5) is 192. The number of carbonyl (C=O) groups is 14. The van der Waals surface area contributed by atoms with Crippen LogP contribution in [0.15, 0.2) is 188 Å². The molecule has 17 rings (SSSR count). The van der Waals surface area contributed by atoms with Gasteiger partial charge in [-0.3, -0.25) is 72.9 Å². The molecule has 9 heterocycles. The molecule has 3 aromatic heterocycles. The van der Waals surface area contributed by atoms with Gasteiger partial charge in [-0.05, 0) is 192 Å². The number of amides is 14. The van der Waals surface area contributed by atoms with Crippen molar-refractivity contribution >= 4 is 146 Å². The number of H-pyrrole nitrogens is 1. The van der Waals surface area contributed by atoms with Crippen LogP contribution in [-0.4, -0.2) is 238 Å². The number of hydrogen-bond acceptors (Lipinski definition) is 20. The first-order valence-corrected chi connectivity index (χ1v) is 45.2. The van der Waals surface area contributed by atoms with Crippen LogP contribution >= 0.6 is 12.4 Å². The van der Waals surface area contributed by atoms with Crippen molar-refractivity contribution in [2.75, 3.05) is 75.1 Å². The summed E-state index contributed by atoms with van der Waals surface area (Å²) in [6.45, 7) is 18.0. The number of rotatable bonds is 19. The highest BCUT2D eigenvalue weighted by molar-refractivity contribution is 6.20. The predicted molar refractivity (Wildman–Crippen MR) is 510 cm³/mol. The Morgan fingerprint density at radius 2 is 0.755 bits per heavy atom. The molecule has 35 nitrogen and oxygen atoms in total. The van der Waals surface area contributed by atoms with Gasteiger partial charge in [-0.2, -0.15) is 24.7 Å². The zero-order valence-corrected chi connectivity index (χ0v) is 79.4. The van der Waals surface area contributed by atoms with Crippen molar-refractivity contribution in [1.82, 2.24) is 75.5 Å². The minimum Gasteiger partial charge on any atom is -0.480 e. The number of carbonyl (C=O) groups excluding carboxylic acids is 13. The Morgan fingerprint density at radius 1 is 0.424 bits per heavy atom. The quantitative estimate of drug-likeness (QED) is 0.0409. The van der Waals surface area contributed by atoms with Crippen molar-refractivity contribution in [3.05, 3.63) is 250 Å². The van der Waals surface area contributed by atoms with Gasteiger partial charge in [0.25, 0.3) is 35.4 Å². The van der Waals surface area contributed by atoms with Crippen molar-refractivity contribution in [2.24, 2.45) is 17.8 Å². The average Bonchev–Trinajstić information content (AvgIpc) is 1.58. The Hall–Kier alpha value is -15.2. The van der Waals surface area contributed by atoms with Crippen molar-refractivity contribution in [1.29, 1.82) is 0 Å². The smallest absolute Gasteiger partial charge is 0.435 e. The van der Waals surface area contributed by atoms with Crippen LogP contribution in [0.25, 0.3) is 32.7 Å². The molecule has 0 aliphatic carbocycles. The first kappa shape index (κ1) is 101. The largest absolute Gasteiger partial charge is 0.480 e. The molecule has 6 N–H and O–H groups in total. The molecule has 6 saturated heterocycles. The fourth-order valence-electron chi connectivity index (χ4n) is 18.2. The highest BCUT2D eigenvalue weighted by Gasteiger charge is 2.61. The zero-order chi connectivity index (χ0) is 99.3. The number of benzene rings is 8. The van der Waals surface area contributed by atoms with Gasteiger partial charge < -0.3 is 45.6 Å². The lowest BCUT2D eigenvalue weighted by molar-refractivity contribution is -0.140. The Kier molecular flexibility index (Phi) is 30.7. The minimum atomic E-state index is -1.25. The van der Waals surface area contributed by atoms with E-state index in [0.717, 1.165) is 47.6 Å². The van der Waals surface area contributed by atoms with E-state index in [2.05, 4.69) is 41.7 Å². The normalized spacial score (nSPS) is 16.6. The molecule has 39 heteroatoms. The number of aromatic nitrogens is 6. The first-order valence-electron chi connectivity index (χ1n) is 45.2. The van der Waals surface area contributed by atoms with E-state index in [1.807, 2.05) is 86.6 Å². The van der Waals surface area contributed by atoms with Gasteiger partial charge in [0.2, 0.25) is 11.8 Å². The van der Waals surface area contributed by atoms with E-state index in [1.54, 1.807) is 136 Å². The monoisotopic (exact) mass is 1920 g/mol. The van der Waals surface area contributed by atoms with E-state index in [9.17, 15) is 80.3 Å². The number of aromatic amines is 1. The van der Waals surface area contributed by atoms with Crippen LogP contribution in [0.5, 0.6) is 0 Å². The molecular weight excluding hydrogens is 1820 g/mol. The second-order valence-electron chi connectivity index (χ2n) is 36.1. The fourth-order valence-corrected chi connectivity index (χ4v) is 18.2. The topological polar surface area (TPSA) is 416 Å². The number of nitrogens with one attached hydrogen (secondary N) is 5. The number of ether oxygens (including phenoxy) is 2. The number of carboxylic acids is 1. The van der Waals surface area contributed by atoms with Crippen LogP contribution in [0.4, 0.5) is 54.2 Å². The lowest BCUT2D eigenvalue weighted by atomic mass is 9.85. The predicted octanol–water partition coefficient (Wildman–Crippen LogP) is 13.2. The highest BCUT2D eigenvalue weighted by atomic mass is 35.5. The molecule has 6 fully saturated rings. The summed E-state index contributed by atoms with van der Waals surface area (Å²) in [5.41, 5.74) is 3.72. The number of anilines is 3. The minimum absolute atomic E-state index is 0. The number of urea groups is 3. The number of aliphatic carboxylic acids is 1. The van der Waals surface area contributed by atoms with E-state index in [-0.39, 0.29) is 147 Å². The summed E-state index contributed by atoms with van der Waals surface area (Å²) in [6.07, 6.45) is 5.34. The van der Waals surface area contributed by atoms with Crippen LogP contribution < -0.4 is 36.0 Å². The molecule has 3 atom stereocenters. The average molecular weight is 1930 g/mol. The third kappa shape index (κ3) is 20.6. The molecule has 0 unspecified atom stereocenters. The lowest BCUT2D eigenvalue weighted by Gasteiger charge is -2.43. The molecule has 14 amide bonds. The van der Waals surface area contributed by atoms with E-state index >= 15 is 0 Å². The molecular formula is C100H108ClF3N18O17. The lowest BCUT2D eigenvalue weighted by Crippen LogP contribution is -2.60. The number of hydrogen-bond donors (Lipinski definition) is 6. The van der Waals surface area contributed by atoms with Crippen LogP contribution in [0.3, 0.4) is 0 Å². The number of aryl methyl sites for hydroxylation is 3. The van der Waals surface area contributed by atoms with E-state index in [4.69, 9.17) is 14.6 Å². The summed E-state index contributed by atoms with van der Waals surface area (Å²) in [5, 5.41) is 37.3. The fraction of sp³-hybridized carbons (Fsp3) is 0.350. The Bertz CT molecular complexity index is 6590. The number of likely N-dealkylation sites (N-methyl/N-ethyl adjacent to an activating group) is 3. The molecule has 0 bridgehead atoms. The molecule has 6 aliphatic rings. The maximum Gasteiger partial charge on any atom is 0.435 e. The number of halogens is 4. The van der Waals surface area contributed by atoms with E-state index in [1.165, 1.54) is 83.1 Å². The van der Waals surface area contributed by atoms with Crippen molar-refractivity contribution in [3.63, 3.8) is 0 Å². The van der Waals surface area contributed by atoms with Gasteiger partial charge in [-0.15, -0.1) is 12.4 Å². The highest BCUT2D eigenvalue weighted by Crippen LogP contribution is 2.45. The SMILES string of the molecule is CN1C(=O)N(c2ccc3c(cnn3C(=O)OCc3ccccc3)c2)C2(CCNCC2)C1=O.Cc1ccc(F)c(C(=O)N[C@@H](C(=O)N2CCC3(CC2)C(=O)N(C)C(=O)N3c2ccc3[nH]ncc3c2)C(C)C)c1.Cc1ccc(F)c(C(=O)N[C@@H](C(=O)N2CCC3(CC2)C(=O)N(C)C(=O)N3c2ccc3c(cnn3C(=O)OCc3ccccc3)c2)C(C)C)c1.Cc1ccc(F)c(C(=O)N[C@@H](C(=O)O)C(C)C)c1.Cl. The number of piperidine rings is 3. The zero-order valence-electron chi connectivity index (χ0n) is 78.6. The molecule has 6 aliphatic heterocycles. The number of imide groups is 3. The van der Waals surface area contributed by atoms with Crippen molar-refractivity contribution < 1.29 is 94.9 Å². The van der Waals surface area contributed by atoms with E-state index < -0.39 is 100 Å². The summed E-state index contributed by atoms with van der Waals surface area (Å²) >= 11 is 0. The third-order valence-electron chi connectivity index (χ3n) is 25.9. The van der Waals surface area contributed by atoms with Crippen molar-refractivity contribution in [2.45, 2.75) is 149 Å². The summed E-state index contributed by atoms with van der Waals surface area (Å²) in [6, 6.07) is 42.8. The standard InChI is InChI=1S/C36H37FN6O6.C28H31FN6O4.C23H23N5O4.C13H16FNO3.ClH/c1-22(2)30(39-31(44)27-18-23(3)10-12-28(27)37)32(45)41-16-14-36(15-17-41)33(46)40(4)34(47)42(36)26-11-13-29-25(19-26)20-38-43(29)35(48)49-21-24-8-6-5-7-9-24;1-16(2)23(31-24(36)20-13-17(3)5-7-21(20)29)25(37)34-11-9-28(10-12-34)26(38)33(4)27(39)35(28)19-6-8-22-18(14-19)15-30-32-22;1-26-20(29)23(9-11-24-12-10-23)27(21(26)30)18-7-8-19-17(13-18)14-25-28(19)22(31)32-15-16-5-3-2-4-6-16;1-7(2)11(13(17)18)15-12(16)9-6-8(3)4-5-10(9)14;/h5-13,18-20,22,30H,14-17,21H2,1-4H3,(H,39,44);5-8,13-16,23H,9-12H2,1-4H3,(H,30,32)(H,31,36);2-8,13-14,24H,9-12,15H2,1H3;4-7,11H,1-3H3,(H,15,16)(H,17,18);1H/t30-;23-;;11-;/m11.1./s1. The number of carboxylic acid groups (broad SMARTS) is 1. The van der Waals surface area contributed by atoms with Gasteiger partial charge in [0.05, 0.1) is 51.8 Å². The maximum absolute atomic E-state index is 14.4. The second kappa shape index (κ2) is 42.2. The van der Waals surface area contributed by atoms with Gasteiger partial charge >= 0.3 is 36.2 Å². The van der Waals surface area contributed by atoms with Crippen LogP contribution in [0, 0.1) is 56.0 Å². The van der Waals surface area contributed by atoms with Crippen LogP contribution in [-0.2, 0) is 51.5 Å². The summed E-state index contributed by atoms with van der Waals surface area (Å²) in [5.74, 6) is -7.55. The Balaban J connectivity index is 0.000000163. The van der Waals surface area contributed by atoms with E-state index in [0.29, 0.717) is 70.4 Å². The third-order valence-corrected chi connectivity index (χ3v) is 25.9. The molecule has 0 radical (unpaired) electrons. The van der Waals surface area contributed by atoms with Crippen LogP contribution in [0.1, 0.15) is 139 Å². The molecule has 0 saturated carbocycles. The van der Waals surface area contributed by atoms with Gasteiger partial charge in [-0.1, -0.05) is 137 Å². The molecule has 8 aromatic carbocycles. The van der Waals surface area contributed by atoms with Gasteiger partial charge in [0.1, 0.15) is 65.4 Å². The Labute approximate surface area is 804 Å². The Morgan fingerprint density at radius 3 is 1.10 bits per heavy atom. The van der Waals surface area contributed by atoms with Gasteiger partial charge in [0.15, 0.2) is 0 Å². The molecule has 139 heavy (non-hydrogen) atoms. The molecule has 728 valence electrons. The summed E-state index contributed by atoms with van der Waals surface area (Å²) in [7, 11) is 4.42. The van der Waals surface area contributed by atoms with Crippen molar-refractivity contribution in [3.8, 4) is 0 Å².